The molecule has 43 heavy (non-hydrogen) atoms. The molecule has 4 rings (SSSR count). The first-order chi connectivity index (χ1) is 20.3. The number of ketones is 1. The van der Waals surface area contributed by atoms with Crippen LogP contribution in [0.2, 0.25) is 0 Å². The molecule has 1 fully saturated rings. The van der Waals surface area contributed by atoms with Gasteiger partial charge in [0.15, 0.2) is 12.1 Å². The van der Waals surface area contributed by atoms with Gasteiger partial charge in [-0.05, 0) is 92.1 Å². The molecular weight excluding hydrogens is 582 g/mol. The van der Waals surface area contributed by atoms with Gasteiger partial charge in [-0.2, -0.15) is 26.3 Å². The first-order valence-electron chi connectivity index (χ1n) is 13.8. The number of nitrogens with one attached hydrogen (secondary N) is 2. The third-order valence-corrected chi connectivity index (χ3v) is 7.08. The third kappa shape index (κ3) is 8.90. The van der Waals surface area contributed by atoms with Gasteiger partial charge >= 0.3 is 12.4 Å². The molecule has 2 amide bonds. The zero-order chi connectivity index (χ0) is 31.2. The van der Waals surface area contributed by atoms with Gasteiger partial charge in [0.1, 0.15) is 0 Å². The second-order valence-corrected chi connectivity index (χ2v) is 10.4. The summed E-state index contributed by atoms with van der Waals surface area (Å²) >= 11 is 0. The van der Waals surface area contributed by atoms with Crippen LogP contribution in [-0.2, 0) is 33.1 Å². The fraction of sp³-hybridized carbons (Fsp3) is 0.433. The van der Waals surface area contributed by atoms with Gasteiger partial charge in [-0.25, -0.2) is 10.3 Å². The highest BCUT2D eigenvalue weighted by molar-refractivity contribution is 6.13. The standard InChI is InChI=1S/C30H30F6N2O5/c31-29(32,33)22-14-18(15-23(17-22)30(34,35)36)13-20-8-7-19-16-21(9-10-24(19)27(20)40)28(41)37-11-3-1-5-25(39)38-43-26-6-2-4-12-42-26/h9-10,13-17,26H,1-8,11-12H2,(H,37,41)(H,38,39)/b20-13+. The Labute approximate surface area is 243 Å². The minimum absolute atomic E-state index is 0.0347. The van der Waals surface area contributed by atoms with Crippen molar-refractivity contribution < 1.29 is 50.3 Å². The van der Waals surface area contributed by atoms with Crippen molar-refractivity contribution in [1.29, 1.82) is 0 Å². The number of carbonyl (C=O) groups is 3. The number of halogens is 6. The minimum Gasteiger partial charge on any atom is -0.352 e. The van der Waals surface area contributed by atoms with Crippen molar-refractivity contribution in [3.8, 4) is 0 Å². The molecule has 1 aliphatic carbocycles. The lowest BCUT2D eigenvalue weighted by Crippen LogP contribution is -2.33. The fourth-order valence-electron chi connectivity index (χ4n) is 4.82. The maximum atomic E-state index is 13.2. The second-order valence-electron chi connectivity index (χ2n) is 10.4. The number of fused-ring (bicyclic) bond motifs is 1. The number of amides is 2. The molecule has 2 aromatic rings. The van der Waals surface area contributed by atoms with Gasteiger partial charge in [0.2, 0.25) is 5.91 Å². The van der Waals surface area contributed by atoms with Crippen molar-refractivity contribution >= 4 is 23.7 Å². The van der Waals surface area contributed by atoms with E-state index in [4.69, 9.17) is 9.57 Å². The van der Waals surface area contributed by atoms with Gasteiger partial charge in [0.25, 0.3) is 5.91 Å². The average Bonchev–Trinajstić information content (AvgIpc) is 2.96. The van der Waals surface area contributed by atoms with Crippen molar-refractivity contribution in [2.45, 2.75) is 70.0 Å². The Kier molecular flexibility index (Phi) is 10.3. The van der Waals surface area contributed by atoms with E-state index in [2.05, 4.69) is 10.8 Å². The highest BCUT2D eigenvalue weighted by Gasteiger charge is 2.37. The Balaban J connectivity index is 1.31. The summed E-state index contributed by atoms with van der Waals surface area (Å²) in [6, 6.07) is 5.58. The Morgan fingerprint density at radius 1 is 0.953 bits per heavy atom. The van der Waals surface area contributed by atoms with Crippen LogP contribution in [0, 0.1) is 0 Å². The normalized spacial score (nSPS) is 18.3. The summed E-state index contributed by atoms with van der Waals surface area (Å²) in [6.45, 7) is 0.899. The summed E-state index contributed by atoms with van der Waals surface area (Å²) in [4.78, 5) is 42.8. The number of unbranched alkanes of at least 4 members (excludes halogenated alkanes) is 1. The van der Waals surface area contributed by atoms with Gasteiger partial charge in [0.05, 0.1) is 11.1 Å². The molecule has 13 heteroatoms. The molecule has 232 valence electrons. The fourth-order valence-corrected chi connectivity index (χ4v) is 4.82. The molecule has 0 saturated carbocycles. The number of benzene rings is 2. The topological polar surface area (TPSA) is 93.7 Å². The van der Waals surface area contributed by atoms with Gasteiger partial charge in [0, 0.05) is 42.7 Å². The van der Waals surface area contributed by atoms with Crippen molar-refractivity contribution in [1.82, 2.24) is 10.8 Å². The van der Waals surface area contributed by atoms with Crippen molar-refractivity contribution in [3.05, 3.63) is 75.4 Å². The summed E-state index contributed by atoms with van der Waals surface area (Å²) in [5.74, 6) is -1.21. The Bertz CT molecular complexity index is 1350. The van der Waals surface area contributed by atoms with Crippen LogP contribution in [0.25, 0.3) is 6.08 Å². The summed E-state index contributed by atoms with van der Waals surface area (Å²) in [5.41, 5.74) is 0.204. The zero-order valence-electron chi connectivity index (χ0n) is 23.0. The number of hydrogen-bond donors (Lipinski definition) is 2. The van der Waals surface area contributed by atoms with Crippen LogP contribution in [0.1, 0.15) is 87.9 Å². The number of aryl methyl sites for hydroxylation is 1. The summed E-state index contributed by atoms with van der Waals surface area (Å²) in [5, 5.41) is 2.75. The predicted octanol–water partition coefficient (Wildman–Crippen LogP) is 6.41. The molecule has 0 aromatic heterocycles. The van der Waals surface area contributed by atoms with Crippen LogP contribution < -0.4 is 10.8 Å². The maximum Gasteiger partial charge on any atom is 0.416 e. The smallest absolute Gasteiger partial charge is 0.352 e. The van der Waals surface area contributed by atoms with E-state index < -0.39 is 35.6 Å². The number of allylic oxidation sites excluding steroid dienone is 1. The molecule has 2 N–H and O–H groups in total. The lowest BCUT2D eigenvalue weighted by atomic mass is 9.85. The Morgan fingerprint density at radius 3 is 2.33 bits per heavy atom. The quantitative estimate of drug-likeness (QED) is 0.148. The van der Waals surface area contributed by atoms with Gasteiger partial charge in [-0.3, -0.25) is 14.4 Å². The molecule has 1 saturated heterocycles. The first-order valence-corrected chi connectivity index (χ1v) is 13.8. The van der Waals surface area contributed by atoms with Crippen LogP contribution >= 0.6 is 0 Å². The Morgan fingerprint density at radius 2 is 1.67 bits per heavy atom. The second kappa shape index (κ2) is 13.7. The predicted molar refractivity (Wildman–Crippen MR) is 143 cm³/mol. The van der Waals surface area contributed by atoms with E-state index in [1.54, 1.807) is 6.07 Å². The molecule has 1 aliphatic heterocycles. The van der Waals surface area contributed by atoms with Crippen LogP contribution in [0.15, 0.2) is 42.0 Å². The lowest BCUT2D eigenvalue weighted by molar-refractivity contribution is -0.200. The number of hydrogen-bond acceptors (Lipinski definition) is 5. The summed E-state index contributed by atoms with van der Waals surface area (Å²) in [7, 11) is 0. The van der Waals surface area contributed by atoms with E-state index in [-0.39, 0.29) is 53.8 Å². The Hall–Kier alpha value is -3.71. The van der Waals surface area contributed by atoms with E-state index in [9.17, 15) is 40.7 Å². The minimum atomic E-state index is -5.00. The van der Waals surface area contributed by atoms with E-state index in [0.29, 0.717) is 55.7 Å². The largest absolute Gasteiger partial charge is 0.416 e. The lowest BCUT2D eigenvalue weighted by Gasteiger charge is -2.22. The van der Waals surface area contributed by atoms with Crippen LogP contribution in [0.4, 0.5) is 26.3 Å². The van der Waals surface area contributed by atoms with Crippen LogP contribution in [0.3, 0.4) is 0 Å². The van der Waals surface area contributed by atoms with Crippen molar-refractivity contribution in [3.63, 3.8) is 0 Å². The van der Waals surface area contributed by atoms with Gasteiger partial charge in [-0.15, -0.1) is 0 Å². The van der Waals surface area contributed by atoms with Gasteiger partial charge < -0.3 is 10.1 Å². The van der Waals surface area contributed by atoms with Gasteiger partial charge in [-0.1, -0.05) is 0 Å². The van der Waals surface area contributed by atoms with E-state index >= 15 is 0 Å². The monoisotopic (exact) mass is 612 g/mol. The number of carbonyl (C=O) groups excluding carboxylic acids is 3. The SMILES string of the molecule is O=C(CCCCNC(=O)c1ccc2c(c1)CC/C(=C\c1cc(C(F)(F)F)cc(C(F)(F)F)c1)C2=O)NOC1CCCCO1. The molecule has 0 radical (unpaired) electrons. The highest BCUT2D eigenvalue weighted by atomic mass is 19.4. The van der Waals surface area contributed by atoms with Crippen molar-refractivity contribution in [2.24, 2.45) is 0 Å². The number of ether oxygens (including phenoxy) is 1. The third-order valence-electron chi connectivity index (χ3n) is 7.08. The van der Waals surface area contributed by atoms with Crippen LogP contribution in [0.5, 0.6) is 0 Å². The number of Topliss-reactive ketones (excluding diaryl/α,β-unsaturated/α-hetero) is 1. The average molecular weight is 613 g/mol. The molecular formula is C30H30F6N2O5. The molecule has 2 aliphatic rings. The molecule has 1 atom stereocenters. The first kappa shape index (κ1) is 32.2. The summed E-state index contributed by atoms with van der Waals surface area (Å²) < 4.78 is 84.7. The molecule has 0 spiro atoms. The zero-order valence-corrected chi connectivity index (χ0v) is 23.0. The number of hydroxylamine groups is 1. The molecule has 0 bridgehead atoms. The van der Waals surface area contributed by atoms with E-state index in [0.717, 1.165) is 18.9 Å². The molecule has 1 unspecified atom stereocenters. The summed E-state index contributed by atoms with van der Waals surface area (Å²) in [6.07, 6.45) is -5.15. The molecule has 7 nitrogen and oxygen atoms in total. The molecule has 1 heterocycles. The van der Waals surface area contributed by atoms with Crippen molar-refractivity contribution in [2.75, 3.05) is 13.2 Å². The molecule has 2 aromatic carbocycles. The maximum absolute atomic E-state index is 13.2. The van der Waals surface area contributed by atoms with E-state index in [1.807, 2.05) is 0 Å². The van der Waals surface area contributed by atoms with Crippen LogP contribution in [-0.4, -0.2) is 37.0 Å². The number of rotatable bonds is 9. The number of alkyl halides is 6. The van der Waals surface area contributed by atoms with E-state index in [1.165, 1.54) is 12.1 Å². The highest BCUT2D eigenvalue weighted by Crippen LogP contribution is 2.37.